The minimum atomic E-state index is -0.910. The molecule has 0 unspecified atom stereocenters. The van der Waals surface area contributed by atoms with Crippen LogP contribution >= 0.6 is 15.9 Å². The van der Waals surface area contributed by atoms with Gasteiger partial charge in [0.05, 0.1) is 0 Å². The van der Waals surface area contributed by atoms with Crippen LogP contribution in [0, 0.1) is 0 Å². The summed E-state index contributed by atoms with van der Waals surface area (Å²) in [4.78, 5) is 13.5. The van der Waals surface area contributed by atoms with Crippen molar-refractivity contribution in [2.24, 2.45) is 5.10 Å². The lowest BCUT2D eigenvalue weighted by Gasteiger charge is -2.44. The molecule has 0 aliphatic carbocycles. The molecule has 1 heterocycles. The van der Waals surface area contributed by atoms with Gasteiger partial charge >= 0.3 is 0 Å². The van der Waals surface area contributed by atoms with Crippen LogP contribution < -0.4 is 15.5 Å². The molecule has 3 aromatic carbocycles. The SMILES string of the molecule is CC1(C)Cc2ccccc2[C@@](C)(C(=O)N/N=C(/COc2ccccc2)c2ccc(Br)cc2)N1. The van der Waals surface area contributed by atoms with E-state index >= 15 is 0 Å². The first-order valence-electron chi connectivity index (χ1n) is 11.0. The van der Waals surface area contributed by atoms with E-state index < -0.39 is 5.54 Å². The topological polar surface area (TPSA) is 62.7 Å². The average Bonchev–Trinajstić information content (AvgIpc) is 2.79. The molecular weight excluding hydrogens is 478 g/mol. The van der Waals surface area contributed by atoms with Crippen LogP contribution in [0.5, 0.6) is 5.75 Å². The Morgan fingerprint density at radius 1 is 1.00 bits per heavy atom. The Labute approximate surface area is 203 Å². The van der Waals surface area contributed by atoms with Gasteiger partial charge in [0.2, 0.25) is 0 Å². The van der Waals surface area contributed by atoms with Crippen molar-refractivity contribution in [3.8, 4) is 5.75 Å². The Kier molecular flexibility index (Phi) is 6.68. The monoisotopic (exact) mass is 505 g/mol. The second kappa shape index (κ2) is 9.49. The van der Waals surface area contributed by atoms with Crippen molar-refractivity contribution in [3.05, 3.63) is 100 Å². The molecule has 2 N–H and O–H groups in total. The first kappa shape index (κ1) is 23.2. The summed E-state index contributed by atoms with van der Waals surface area (Å²) in [5.74, 6) is 0.530. The quantitative estimate of drug-likeness (QED) is 0.358. The number of carbonyl (C=O) groups is 1. The Bertz CT molecular complexity index is 1160. The molecule has 0 aromatic heterocycles. The van der Waals surface area contributed by atoms with E-state index in [2.05, 4.69) is 51.7 Å². The second-order valence-corrected chi connectivity index (χ2v) is 9.99. The standard InChI is InChI=1S/C27H28BrN3O2/c1-26(2)17-20-9-7-8-12-23(20)27(3,31-26)25(32)30-29-24(19-13-15-21(28)16-14-19)18-33-22-10-5-4-6-11-22/h4-16,31H,17-18H2,1-3H3,(H,30,32)/b29-24-/t27-/m0/s1. The normalized spacial score (nSPS) is 19.5. The molecule has 0 saturated heterocycles. The third-order valence-corrected chi connectivity index (χ3v) is 6.35. The van der Waals surface area contributed by atoms with Gasteiger partial charge in [-0.25, -0.2) is 5.43 Å². The minimum Gasteiger partial charge on any atom is -0.487 e. The fourth-order valence-electron chi connectivity index (χ4n) is 4.33. The largest absolute Gasteiger partial charge is 0.487 e. The summed E-state index contributed by atoms with van der Waals surface area (Å²) in [6, 6.07) is 25.4. The predicted octanol–water partition coefficient (Wildman–Crippen LogP) is 5.19. The molecule has 0 saturated carbocycles. The molecule has 170 valence electrons. The maximum absolute atomic E-state index is 13.5. The first-order chi connectivity index (χ1) is 15.8. The lowest BCUT2D eigenvalue weighted by molar-refractivity contribution is -0.128. The molecular formula is C27H28BrN3O2. The molecule has 6 heteroatoms. The molecule has 33 heavy (non-hydrogen) atoms. The Balaban J connectivity index is 1.61. The first-order valence-corrected chi connectivity index (χ1v) is 11.7. The zero-order valence-corrected chi connectivity index (χ0v) is 20.6. The smallest absolute Gasteiger partial charge is 0.264 e. The van der Waals surface area contributed by atoms with E-state index in [9.17, 15) is 4.79 Å². The fourth-order valence-corrected chi connectivity index (χ4v) is 4.59. The summed E-state index contributed by atoms with van der Waals surface area (Å²) < 4.78 is 6.90. The number of carbonyl (C=O) groups excluding carboxylic acids is 1. The van der Waals surface area contributed by atoms with Gasteiger partial charge in [0.25, 0.3) is 5.91 Å². The predicted molar refractivity (Wildman–Crippen MR) is 135 cm³/mol. The van der Waals surface area contributed by atoms with E-state index in [1.54, 1.807) is 0 Å². The fraction of sp³-hybridized carbons (Fsp3) is 0.259. The number of nitrogens with one attached hydrogen (secondary N) is 2. The highest BCUT2D eigenvalue weighted by molar-refractivity contribution is 9.10. The average molecular weight is 506 g/mol. The highest BCUT2D eigenvalue weighted by Crippen LogP contribution is 2.34. The van der Waals surface area contributed by atoms with Crippen LogP contribution in [0.1, 0.15) is 37.5 Å². The van der Waals surface area contributed by atoms with E-state index in [0.29, 0.717) is 5.71 Å². The molecule has 4 rings (SSSR count). The number of fused-ring (bicyclic) bond motifs is 1. The van der Waals surface area contributed by atoms with Gasteiger partial charge in [0.15, 0.2) is 0 Å². The molecule has 3 aromatic rings. The number of amides is 1. The van der Waals surface area contributed by atoms with Crippen LogP contribution in [-0.2, 0) is 16.8 Å². The van der Waals surface area contributed by atoms with E-state index in [1.807, 2.05) is 79.7 Å². The zero-order valence-electron chi connectivity index (χ0n) is 19.1. The van der Waals surface area contributed by atoms with E-state index in [-0.39, 0.29) is 18.1 Å². The number of benzene rings is 3. The van der Waals surface area contributed by atoms with Crippen molar-refractivity contribution in [1.82, 2.24) is 10.7 Å². The van der Waals surface area contributed by atoms with Gasteiger partial charge in [0.1, 0.15) is 23.6 Å². The van der Waals surface area contributed by atoms with Crippen LogP contribution in [-0.4, -0.2) is 23.8 Å². The number of hydrogen-bond donors (Lipinski definition) is 2. The summed E-state index contributed by atoms with van der Waals surface area (Å²) in [6.07, 6.45) is 0.852. The highest BCUT2D eigenvalue weighted by Gasteiger charge is 2.44. The lowest BCUT2D eigenvalue weighted by atomic mass is 9.76. The molecule has 0 bridgehead atoms. The molecule has 1 amide bonds. The van der Waals surface area contributed by atoms with Gasteiger partial charge in [-0.2, -0.15) is 5.10 Å². The van der Waals surface area contributed by atoms with Crippen molar-refractivity contribution < 1.29 is 9.53 Å². The van der Waals surface area contributed by atoms with Crippen molar-refractivity contribution in [2.45, 2.75) is 38.3 Å². The third-order valence-electron chi connectivity index (χ3n) is 5.82. The van der Waals surface area contributed by atoms with Crippen LogP contribution in [0.15, 0.2) is 88.4 Å². The van der Waals surface area contributed by atoms with Gasteiger partial charge in [-0.3, -0.25) is 10.1 Å². The van der Waals surface area contributed by atoms with Crippen LogP contribution in [0.2, 0.25) is 0 Å². The molecule has 5 nitrogen and oxygen atoms in total. The number of rotatable bonds is 6. The number of ether oxygens (including phenoxy) is 1. The molecule has 1 aliphatic rings. The van der Waals surface area contributed by atoms with E-state index in [0.717, 1.165) is 27.8 Å². The maximum Gasteiger partial charge on any atom is 0.264 e. The van der Waals surface area contributed by atoms with Crippen molar-refractivity contribution in [1.29, 1.82) is 0 Å². The number of hydrogen-bond acceptors (Lipinski definition) is 4. The van der Waals surface area contributed by atoms with Gasteiger partial charge in [-0.05, 0) is 62.6 Å². The lowest BCUT2D eigenvalue weighted by Crippen LogP contribution is -2.62. The molecule has 1 aliphatic heterocycles. The van der Waals surface area contributed by atoms with Crippen LogP contribution in [0.3, 0.4) is 0 Å². The highest BCUT2D eigenvalue weighted by atomic mass is 79.9. The van der Waals surface area contributed by atoms with Crippen LogP contribution in [0.25, 0.3) is 0 Å². The molecule has 1 atom stereocenters. The van der Waals surface area contributed by atoms with Crippen molar-refractivity contribution in [3.63, 3.8) is 0 Å². The third kappa shape index (κ3) is 5.34. The van der Waals surface area contributed by atoms with Gasteiger partial charge < -0.3 is 4.74 Å². The minimum absolute atomic E-state index is 0.211. The second-order valence-electron chi connectivity index (χ2n) is 9.08. The summed E-state index contributed by atoms with van der Waals surface area (Å²) >= 11 is 3.47. The summed E-state index contributed by atoms with van der Waals surface area (Å²) in [7, 11) is 0. The Morgan fingerprint density at radius 3 is 2.39 bits per heavy atom. The van der Waals surface area contributed by atoms with Crippen molar-refractivity contribution in [2.75, 3.05) is 6.61 Å². The van der Waals surface area contributed by atoms with E-state index in [1.165, 1.54) is 5.56 Å². The van der Waals surface area contributed by atoms with Gasteiger partial charge in [0, 0.05) is 15.6 Å². The summed E-state index contributed by atoms with van der Waals surface area (Å²) in [6.45, 7) is 6.35. The molecule has 0 spiro atoms. The number of nitrogens with zero attached hydrogens (tertiary/aromatic N) is 1. The van der Waals surface area contributed by atoms with Crippen LogP contribution in [0.4, 0.5) is 0 Å². The number of para-hydroxylation sites is 1. The number of halogens is 1. The Hall–Kier alpha value is -2.96. The van der Waals surface area contributed by atoms with Gasteiger partial charge in [-0.15, -0.1) is 0 Å². The van der Waals surface area contributed by atoms with Gasteiger partial charge in [-0.1, -0.05) is 70.5 Å². The van der Waals surface area contributed by atoms with Crippen molar-refractivity contribution >= 4 is 27.5 Å². The summed E-state index contributed by atoms with van der Waals surface area (Å²) in [5, 5.41) is 8.05. The number of hydrazone groups is 1. The molecule has 0 fully saturated rings. The maximum atomic E-state index is 13.5. The summed E-state index contributed by atoms with van der Waals surface area (Å²) in [5.41, 5.74) is 5.33. The zero-order chi connectivity index (χ0) is 23.5. The Morgan fingerprint density at radius 2 is 1.67 bits per heavy atom. The molecule has 0 radical (unpaired) electrons. The van der Waals surface area contributed by atoms with E-state index in [4.69, 9.17) is 4.74 Å².